The van der Waals surface area contributed by atoms with Crippen LogP contribution >= 0.6 is 0 Å². The maximum absolute atomic E-state index is 11.9. The van der Waals surface area contributed by atoms with Crippen molar-refractivity contribution in [2.45, 2.75) is 45.3 Å². The number of carboxylic acids is 1. The first-order chi connectivity index (χ1) is 8.24. The summed E-state index contributed by atoms with van der Waals surface area (Å²) in [5, 5.41) is 18.0. The van der Waals surface area contributed by atoms with Gasteiger partial charge < -0.3 is 14.9 Å². The molecule has 0 aromatic carbocycles. The van der Waals surface area contributed by atoms with Crippen LogP contribution in [0.4, 0.5) is 4.79 Å². The van der Waals surface area contributed by atoms with E-state index in [0.717, 1.165) is 0 Å². The molecule has 2 unspecified atom stereocenters. The van der Waals surface area contributed by atoms with E-state index in [1.165, 1.54) is 4.90 Å². The molecule has 0 radical (unpaired) electrons. The molecule has 0 aromatic heterocycles. The van der Waals surface area contributed by atoms with Crippen LogP contribution in [0.25, 0.3) is 0 Å². The van der Waals surface area contributed by atoms with Gasteiger partial charge in [-0.3, -0.25) is 4.90 Å². The molecule has 2 atom stereocenters. The minimum Gasteiger partial charge on any atom is -0.480 e. The van der Waals surface area contributed by atoms with Gasteiger partial charge in [0.25, 0.3) is 0 Å². The summed E-state index contributed by atoms with van der Waals surface area (Å²) >= 11 is 0. The number of rotatable bonds is 3. The van der Waals surface area contributed by atoms with E-state index in [1.807, 2.05) is 0 Å². The van der Waals surface area contributed by atoms with Gasteiger partial charge in [0, 0.05) is 13.2 Å². The highest BCUT2D eigenvalue weighted by atomic mass is 16.6. The number of hydrogen-bond donors (Lipinski definition) is 2. The van der Waals surface area contributed by atoms with E-state index in [2.05, 4.69) is 0 Å². The minimum atomic E-state index is -1.03. The van der Waals surface area contributed by atoms with Gasteiger partial charge in [0.2, 0.25) is 0 Å². The highest BCUT2D eigenvalue weighted by molar-refractivity contribution is 5.80. The molecule has 0 aliphatic carbocycles. The molecule has 1 aliphatic rings. The molecule has 6 nitrogen and oxygen atoms in total. The molecular weight excluding hydrogens is 238 g/mol. The molecule has 0 spiro atoms. The van der Waals surface area contributed by atoms with Crippen LogP contribution in [0.2, 0.25) is 0 Å². The average molecular weight is 259 g/mol. The van der Waals surface area contributed by atoms with Crippen LogP contribution in [0.5, 0.6) is 0 Å². The van der Waals surface area contributed by atoms with Crippen LogP contribution in [-0.2, 0) is 9.53 Å². The maximum atomic E-state index is 11.9. The minimum absolute atomic E-state index is 0.000829. The normalized spacial score (nSPS) is 24.1. The molecule has 2 N–H and O–H groups in total. The van der Waals surface area contributed by atoms with Crippen molar-refractivity contribution in [2.24, 2.45) is 5.92 Å². The lowest BCUT2D eigenvalue weighted by molar-refractivity contribution is -0.142. The summed E-state index contributed by atoms with van der Waals surface area (Å²) in [7, 11) is 0. The summed E-state index contributed by atoms with van der Waals surface area (Å²) in [6, 6.07) is -0.851. The van der Waals surface area contributed by atoms with Crippen molar-refractivity contribution in [2.75, 3.05) is 13.2 Å². The predicted molar refractivity (Wildman–Crippen MR) is 64.2 cm³/mol. The van der Waals surface area contributed by atoms with Crippen molar-refractivity contribution in [1.82, 2.24) is 4.90 Å². The van der Waals surface area contributed by atoms with E-state index < -0.39 is 23.7 Å². The van der Waals surface area contributed by atoms with Crippen LogP contribution in [0, 0.1) is 5.92 Å². The fraction of sp³-hybridized carbons (Fsp3) is 0.833. The Labute approximate surface area is 107 Å². The molecule has 1 heterocycles. The summed E-state index contributed by atoms with van der Waals surface area (Å²) < 4.78 is 5.19. The van der Waals surface area contributed by atoms with Crippen LogP contribution in [-0.4, -0.2) is 52.0 Å². The van der Waals surface area contributed by atoms with Crippen molar-refractivity contribution < 1.29 is 24.5 Å². The Morgan fingerprint density at radius 2 is 2.00 bits per heavy atom. The molecule has 1 saturated heterocycles. The number of nitrogens with zero attached hydrogens (tertiary/aromatic N) is 1. The number of ether oxygens (including phenoxy) is 1. The Morgan fingerprint density at radius 3 is 2.44 bits per heavy atom. The van der Waals surface area contributed by atoms with E-state index in [1.54, 1.807) is 20.8 Å². The lowest BCUT2D eigenvalue weighted by Crippen LogP contribution is -2.43. The molecule has 0 saturated carbocycles. The smallest absolute Gasteiger partial charge is 0.411 e. The number of carbonyl (C=O) groups is 2. The van der Waals surface area contributed by atoms with Gasteiger partial charge in [0.15, 0.2) is 0 Å². The third-order valence-corrected chi connectivity index (χ3v) is 2.84. The van der Waals surface area contributed by atoms with Gasteiger partial charge in [-0.25, -0.2) is 9.59 Å². The van der Waals surface area contributed by atoms with Crippen LogP contribution in [0.1, 0.15) is 33.6 Å². The van der Waals surface area contributed by atoms with Gasteiger partial charge in [-0.1, -0.05) is 0 Å². The Morgan fingerprint density at radius 1 is 1.39 bits per heavy atom. The van der Waals surface area contributed by atoms with Gasteiger partial charge >= 0.3 is 12.1 Å². The lowest BCUT2D eigenvalue weighted by atomic mass is 10.0. The molecule has 18 heavy (non-hydrogen) atoms. The summed E-state index contributed by atoms with van der Waals surface area (Å²) in [4.78, 5) is 24.3. The van der Waals surface area contributed by atoms with E-state index in [4.69, 9.17) is 14.9 Å². The number of amides is 1. The third kappa shape index (κ3) is 3.87. The van der Waals surface area contributed by atoms with Gasteiger partial charge in [0.05, 0.1) is 0 Å². The molecule has 1 aliphatic heterocycles. The summed E-state index contributed by atoms with van der Waals surface area (Å²) in [6.07, 6.45) is 0.272. The van der Waals surface area contributed by atoms with Gasteiger partial charge in [-0.2, -0.15) is 0 Å². The number of aliphatic hydroxyl groups excluding tert-OH is 1. The fourth-order valence-corrected chi connectivity index (χ4v) is 2.07. The average Bonchev–Trinajstić information content (AvgIpc) is 2.59. The standard InChI is InChI=1S/C12H21NO5/c1-12(2,3)18-11(17)13-7-8(4-5-14)6-9(13)10(15)16/h8-9,14H,4-7H2,1-3H3,(H,15,16). The Hall–Kier alpha value is -1.30. The molecule has 1 rings (SSSR count). The quantitative estimate of drug-likeness (QED) is 0.792. The Kier molecular flexibility index (Phi) is 4.56. The van der Waals surface area contributed by atoms with E-state index in [-0.39, 0.29) is 12.5 Å². The molecule has 1 amide bonds. The molecule has 104 valence electrons. The number of carboxylic acid groups (broad SMARTS) is 1. The second kappa shape index (κ2) is 5.56. The topological polar surface area (TPSA) is 87.1 Å². The predicted octanol–water partition coefficient (Wildman–Crippen LogP) is 1.08. The zero-order chi connectivity index (χ0) is 13.9. The first-order valence-electron chi connectivity index (χ1n) is 6.08. The SMILES string of the molecule is CC(C)(C)OC(=O)N1CC(CCO)CC1C(=O)O. The zero-order valence-electron chi connectivity index (χ0n) is 11.0. The summed E-state index contributed by atoms with van der Waals surface area (Å²) in [5.41, 5.74) is -0.644. The number of aliphatic hydroxyl groups is 1. The Bertz CT molecular complexity index is 323. The third-order valence-electron chi connectivity index (χ3n) is 2.84. The molecule has 6 heteroatoms. The Balaban J connectivity index is 2.72. The first kappa shape index (κ1) is 14.8. The summed E-state index contributed by atoms with van der Waals surface area (Å²) in [5.74, 6) is -1.01. The molecule has 0 aromatic rings. The monoisotopic (exact) mass is 259 g/mol. The van der Waals surface area contributed by atoms with Crippen molar-refractivity contribution in [1.29, 1.82) is 0 Å². The zero-order valence-corrected chi connectivity index (χ0v) is 11.0. The lowest BCUT2D eigenvalue weighted by Gasteiger charge is -2.26. The van der Waals surface area contributed by atoms with Crippen molar-refractivity contribution >= 4 is 12.1 Å². The van der Waals surface area contributed by atoms with E-state index >= 15 is 0 Å². The van der Waals surface area contributed by atoms with Crippen molar-refractivity contribution in [3.63, 3.8) is 0 Å². The van der Waals surface area contributed by atoms with Gasteiger partial charge in [-0.15, -0.1) is 0 Å². The number of carbonyl (C=O) groups excluding carboxylic acids is 1. The highest BCUT2D eigenvalue weighted by Gasteiger charge is 2.41. The second-order valence-corrected chi connectivity index (χ2v) is 5.60. The molecular formula is C12H21NO5. The van der Waals surface area contributed by atoms with E-state index in [0.29, 0.717) is 19.4 Å². The van der Waals surface area contributed by atoms with Crippen molar-refractivity contribution in [3.8, 4) is 0 Å². The summed E-state index contributed by atoms with van der Waals surface area (Å²) in [6.45, 7) is 5.54. The number of hydrogen-bond acceptors (Lipinski definition) is 4. The number of likely N-dealkylation sites (tertiary alicyclic amines) is 1. The first-order valence-corrected chi connectivity index (χ1v) is 6.08. The van der Waals surface area contributed by atoms with Gasteiger partial charge in [-0.05, 0) is 39.5 Å². The highest BCUT2D eigenvalue weighted by Crippen LogP contribution is 2.27. The van der Waals surface area contributed by atoms with Crippen LogP contribution < -0.4 is 0 Å². The fourth-order valence-electron chi connectivity index (χ4n) is 2.07. The molecule has 1 fully saturated rings. The maximum Gasteiger partial charge on any atom is 0.411 e. The molecule has 0 bridgehead atoms. The van der Waals surface area contributed by atoms with E-state index in [9.17, 15) is 9.59 Å². The number of aliphatic carboxylic acids is 1. The van der Waals surface area contributed by atoms with Crippen molar-refractivity contribution in [3.05, 3.63) is 0 Å². The van der Waals surface area contributed by atoms with Crippen LogP contribution in [0.15, 0.2) is 0 Å². The van der Waals surface area contributed by atoms with Gasteiger partial charge in [0.1, 0.15) is 11.6 Å². The van der Waals surface area contributed by atoms with Crippen LogP contribution in [0.3, 0.4) is 0 Å². The second-order valence-electron chi connectivity index (χ2n) is 5.60. The largest absolute Gasteiger partial charge is 0.480 e.